The van der Waals surface area contributed by atoms with E-state index in [1.54, 1.807) is 0 Å². The van der Waals surface area contributed by atoms with Crippen LogP contribution >= 0.6 is 0 Å². The first-order valence-corrected chi connectivity index (χ1v) is 4.15. The Morgan fingerprint density at radius 1 is 0.462 bits per heavy atom. The molecule has 3 N–H and O–H groups in total. The van der Waals surface area contributed by atoms with Crippen molar-refractivity contribution in [3.8, 4) is 22.3 Å². The van der Waals surface area contributed by atoms with Crippen molar-refractivity contribution in [1.29, 1.82) is 0 Å². The van der Waals surface area contributed by atoms with Crippen molar-refractivity contribution in [1.82, 2.24) is 6.15 Å². The fraction of sp³-hybridized carbons (Fsp3) is 0. The van der Waals surface area contributed by atoms with E-state index in [1.165, 1.54) is 22.3 Å². The third-order valence-corrected chi connectivity index (χ3v) is 2.43. The highest BCUT2D eigenvalue weighted by molar-refractivity contribution is 6.01. The van der Waals surface area contributed by atoms with Gasteiger partial charge in [-0.25, -0.2) is 0 Å². The molecule has 13 heavy (non-hydrogen) atoms. The summed E-state index contributed by atoms with van der Waals surface area (Å²) in [5.41, 5.74) is 5.59. The summed E-state index contributed by atoms with van der Waals surface area (Å²) in [5.74, 6) is 0. The van der Waals surface area contributed by atoms with E-state index in [-0.39, 0.29) is 6.15 Å². The summed E-state index contributed by atoms with van der Waals surface area (Å²) in [7, 11) is 0. The second kappa shape index (κ2) is 2.71. The highest BCUT2D eigenvalue weighted by Gasteiger charge is 2.19. The second-order valence-corrected chi connectivity index (χ2v) is 3.09. The van der Waals surface area contributed by atoms with Crippen LogP contribution in [0.15, 0.2) is 48.5 Å². The van der Waals surface area contributed by atoms with E-state index in [0.29, 0.717) is 0 Å². The van der Waals surface area contributed by atoms with Gasteiger partial charge in [-0.15, -0.1) is 0 Å². The maximum atomic E-state index is 2.18. The standard InChI is InChI=1S/C12H8.H3N/c1-2-6-10-9(5-1)11-7-3-4-8-12(10)11;/h1-8H;1H3. The fourth-order valence-corrected chi connectivity index (χ4v) is 1.84. The quantitative estimate of drug-likeness (QED) is 0.549. The maximum absolute atomic E-state index is 2.18. The van der Waals surface area contributed by atoms with Gasteiger partial charge in [0.05, 0.1) is 0 Å². The maximum Gasteiger partial charge on any atom is -0.00990 e. The zero-order chi connectivity index (χ0) is 7.97. The minimum Gasteiger partial charge on any atom is -0.344 e. The molecule has 0 unspecified atom stereocenters. The highest BCUT2D eigenvalue weighted by atomic mass is 14.2. The third kappa shape index (κ3) is 0.910. The lowest BCUT2D eigenvalue weighted by Crippen LogP contribution is -1.96. The molecule has 2 aromatic rings. The van der Waals surface area contributed by atoms with E-state index >= 15 is 0 Å². The van der Waals surface area contributed by atoms with Crippen LogP contribution in [0.1, 0.15) is 0 Å². The first kappa shape index (κ1) is 8.02. The van der Waals surface area contributed by atoms with Gasteiger partial charge in [-0.3, -0.25) is 0 Å². The lowest BCUT2D eigenvalue weighted by Gasteiger charge is -2.22. The molecule has 0 spiro atoms. The lowest BCUT2D eigenvalue weighted by molar-refractivity contribution is 1.52. The summed E-state index contributed by atoms with van der Waals surface area (Å²) in [4.78, 5) is 0. The molecule has 0 bridgehead atoms. The van der Waals surface area contributed by atoms with Gasteiger partial charge in [0.25, 0.3) is 0 Å². The van der Waals surface area contributed by atoms with E-state index in [4.69, 9.17) is 0 Å². The van der Waals surface area contributed by atoms with Crippen molar-refractivity contribution in [3.05, 3.63) is 48.5 Å². The SMILES string of the molecule is N.c1ccc2c(c1)-c1ccccc1-2. The molecule has 64 valence electrons. The molecule has 0 aliphatic heterocycles. The molecule has 2 aromatic carbocycles. The summed E-state index contributed by atoms with van der Waals surface area (Å²) in [6, 6.07) is 17.1. The predicted molar refractivity (Wildman–Crippen MR) is 55.9 cm³/mol. The van der Waals surface area contributed by atoms with E-state index in [2.05, 4.69) is 48.5 Å². The van der Waals surface area contributed by atoms with Gasteiger partial charge in [0, 0.05) is 0 Å². The molecular weight excluding hydrogens is 158 g/mol. The van der Waals surface area contributed by atoms with Crippen molar-refractivity contribution in [2.45, 2.75) is 0 Å². The van der Waals surface area contributed by atoms with Crippen molar-refractivity contribution in [2.24, 2.45) is 0 Å². The van der Waals surface area contributed by atoms with Crippen LogP contribution in [0.3, 0.4) is 0 Å². The Balaban J connectivity index is 0.000000653. The Bertz CT molecular complexity index is 346. The van der Waals surface area contributed by atoms with Crippen LogP contribution in [0.25, 0.3) is 22.3 Å². The van der Waals surface area contributed by atoms with Crippen LogP contribution < -0.4 is 6.15 Å². The zero-order valence-corrected chi connectivity index (χ0v) is 7.33. The number of hydrogen-bond acceptors (Lipinski definition) is 1. The Labute approximate surface area is 77.6 Å². The van der Waals surface area contributed by atoms with Gasteiger partial charge < -0.3 is 6.15 Å². The van der Waals surface area contributed by atoms with Gasteiger partial charge in [0.1, 0.15) is 0 Å². The van der Waals surface area contributed by atoms with Crippen LogP contribution in [0.2, 0.25) is 0 Å². The lowest BCUT2D eigenvalue weighted by atomic mass is 9.81. The summed E-state index contributed by atoms with van der Waals surface area (Å²) >= 11 is 0. The average Bonchev–Trinajstić information content (AvgIpc) is 2.14. The van der Waals surface area contributed by atoms with E-state index in [1.807, 2.05) is 0 Å². The molecule has 0 aromatic heterocycles. The largest absolute Gasteiger partial charge is 0.344 e. The number of fused-ring (bicyclic) bond motifs is 4. The normalized spacial score (nSPS) is 10.5. The van der Waals surface area contributed by atoms with Gasteiger partial charge >= 0.3 is 0 Å². The molecule has 0 saturated carbocycles. The summed E-state index contributed by atoms with van der Waals surface area (Å²) in [6.07, 6.45) is 0. The van der Waals surface area contributed by atoms with E-state index < -0.39 is 0 Å². The molecular formula is C12H11N. The first-order valence-electron chi connectivity index (χ1n) is 4.15. The molecule has 0 saturated heterocycles. The second-order valence-electron chi connectivity index (χ2n) is 3.09. The van der Waals surface area contributed by atoms with Gasteiger partial charge in [-0.2, -0.15) is 0 Å². The average molecular weight is 169 g/mol. The Kier molecular flexibility index (Phi) is 1.67. The van der Waals surface area contributed by atoms with Crippen molar-refractivity contribution >= 4 is 0 Å². The van der Waals surface area contributed by atoms with Crippen molar-refractivity contribution in [3.63, 3.8) is 0 Å². The van der Waals surface area contributed by atoms with Crippen LogP contribution in [-0.4, -0.2) is 0 Å². The highest BCUT2D eigenvalue weighted by Crippen LogP contribution is 2.46. The summed E-state index contributed by atoms with van der Waals surface area (Å²) in [5, 5.41) is 0. The third-order valence-electron chi connectivity index (χ3n) is 2.43. The van der Waals surface area contributed by atoms with Gasteiger partial charge in [-0.1, -0.05) is 48.5 Å². The Morgan fingerprint density at radius 3 is 0.923 bits per heavy atom. The number of rotatable bonds is 0. The molecule has 1 aliphatic carbocycles. The minimum atomic E-state index is 0. The van der Waals surface area contributed by atoms with Crippen LogP contribution in [0, 0.1) is 0 Å². The van der Waals surface area contributed by atoms with Gasteiger partial charge in [-0.05, 0) is 22.3 Å². The number of benzene rings is 2. The fourth-order valence-electron chi connectivity index (χ4n) is 1.84. The molecule has 3 rings (SSSR count). The smallest absolute Gasteiger partial charge is 0.00990 e. The van der Waals surface area contributed by atoms with Crippen LogP contribution in [0.4, 0.5) is 0 Å². The summed E-state index contributed by atoms with van der Waals surface area (Å²) < 4.78 is 0. The van der Waals surface area contributed by atoms with E-state index in [9.17, 15) is 0 Å². The molecule has 1 nitrogen and oxygen atoms in total. The van der Waals surface area contributed by atoms with Crippen LogP contribution in [0.5, 0.6) is 0 Å². The predicted octanol–water partition coefficient (Wildman–Crippen LogP) is 3.50. The monoisotopic (exact) mass is 169 g/mol. The summed E-state index contributed by atoms with van der Waals surface area (Å²) in [6.45, 7) is 0. The molecule has 0 radical (unpaired) electrons. The Hall–Kier alpha value is -1.60. The van der Waals surface area contributed by atoms with Gasteiger partial charge in [0.15, 0.2) is 0 Å². The molecule has 0 atom stereocenters. The van der Waals surface area contributed by atoms with Crippen LogP contribution in [-0.2, 0) is 0 Å². The molecule has 0 heterocycles. The zero-order valence-electron chi connectivity index (χ0n) is 7.33. The van der Waals surface area contributed by atoms with Gasteiger partial charge in [0.2, 0.25) is 0 Å². The minimum absolute atomic E-state index is 0. The number of hydrogen-bond donors (Lipinski definition) is 1. The molecule has 1 aliphatic rings. The van der Waals surface area contributed by atoms with E-state index in [0.717, 1.165) is 0 Å². The molecule has 1 heteroatoms. The van der Waals surface area contributed by atoms with Crippen molar-refractivity contribution < 1.29 is 0 Å². The van der Waals surface area contributed by atoms with Crippen molar-refractivity contribution in [2.75, 3.05) is 0 Å². The molecule has 0 amide bonds. The topological polar surface area (TPSA) is 35.0 Å². The molecule has 0 fully saturated rings. The Morgan fingerprint density at radius 2 is 0.692 bits per heavy atom. The first-order chi connectivity index (χ1) is 5.97.